The summed E-state index contributed by atoms with van der Waals surface area (Å²) in [5.74, 6) is -0.0149. The second kappa shape index (κ2) is 9.35. The molecule has 152 valence electrons. The SMILES string of the molecule is CN(CC(=O)OCC(=O)NC(=O)Nc1ccc2c(c1)OCCO2)c1ncccn1. The number of carbonyl (C=O) groups excluding carboxylic acids is 3. The van der Waals surface area contributed by atoms with Gasteiger partial charge in [-0.25, -0.2) is 14.8 Å². The third kappa shape index (κ3) is 5.79. The van der Waals surface area contributed by atoms with Crippen molar-refractivity contribution in [3.05, 3.63) is 36.7 Å². The summed E-state index contributed by atoms with van der Waals surface area (Å²) in [6.07, 6.45) is 3.08. The van der Waals surface area contributed by atoms with Crippen molar-refractivity contribution in [2.24, 2.45) is 0 Å². The molecule has 2 N–H and O–H groups in total. The molecule has 3 amide bonds. The Kier molecular flexibility index (Phi) is 6.40. The predicted molar refractivity (Wildman–Crippen MR) is 101 cm³/mol. The topological polar surface area (TPSA) is 132 Å². The van der Waals surface area contributed by atoms with E-state index in [9.17, 15) is 14.4 Å². The Labute approximate surface area is 166 Å². The summed E-state index contributed by atoms with van der Waals surface area (Å²) in [5, 5.41) is 4.56. The molecule has 0 fully saturated rings. The van der Waals surface area contributed by atoms with E-state index in [1.807, 2.05) is 0 Å². The molecule has 0 saturated heterocycles. The van der Waals surface area contributed by atoms with Gasteiger partial charge in [0.05, 0.1) is 0 Å². The van der Waals surface area contributed by atoms with Crippen LogP contribution in [0.1, 0.15) is 0 Å². The van der Waals surface area contributed by atoms with Crippen LogP contribution in [0.4, 0.5) is 16.4 Å². The fourth-order valence-corrected chi connectivity index (χ4v) is 2.39. The lowest BCUT2D eigenvalue weighted by Gasteiger charge is -2.19. The third-order valence-corrected chi connectivity index (χ3v) is 3.68. The average molecular weight is 401 g/mol. The molecule has 1 aliphatic rings. The molecule has 0 atom stereocenters. The lowest BCUT2D eigenvalue weighted by molar-refractivity contribution is -0.146. The van der Waals surface area contributed by atoms with Crippen molar-refractivity contribution in [3.63, 3.8) is 0 Å². The smallest absolute Gasteiger partial charge is 0.326 e. The van der Waals surface area contributed by atoms with Crippen LogP contribution in [0.25, 0.3) is 0 Å². The molecule has 0 saturated carbocycles. The molecule has 11 nitrogen and oxygen atoms in total. The standard InChI is InChI=1S/C18H19N5O6/c1-23(17-19-5-2-6-20-17)10-16(25)29-11-15(24)22-18(26)21-12-3-4-13-14(9-12)28-8-7-27-13/h2-6,9H,7-8,10-11H2,1H3,(H2,21,22,24,26). The molecule has 29 heavy (non-hydrogen) atoms. The maximum Gasteiger partial charge on any atom is 0.326 e. The molecule has 0 bridgehead atoms. The van der Waals surface area contributed by atoms with E-state index in [1.54, 1.807) is 31.3 Å². The molecule has 0 aliphatic carbocycles. The fraction of sp³-hybridized carbons (Fsp3) is 0.278. The number of imide groups is 1. The average Bonchev–Trinajstić information content (AvgIpc) is 2.72. The number of esters is 1. The van der Waals surface area contributed by atoms with Crippen LogP contribution in [-0.2, 0) is 14.3 Å². The van der Waals surface area contributed by atoms with Gasteiger partial charge in [-0.15, -0.1) is 0 Å². The Balaban J connectivity index is 1.41. The van der Waals surface area contributed by atoms with Crippen LogP contribution in [0, 0.1) is 0 Å². The van der Waals surface area contributed by atoms with Gasteiger partial charge in [0.25, 0.3) is 5.91 Å². The number of ether oxygens (including phenoxy) is 3. The highest BCUT2D eigenvalue weighted by Crippen LogP contribution is 2.32. The molecule has 1 aromatic heterocycles. The van der Waals surface area contributed by atoms with Gasteiger partial charge >= 0.3 is 12.0 Å². The van der Waals surface area contributed by atoms with Crippen LogP contribution in [0.15, 0.2) is 36.7 Å². The maximum absolute atomic E-state index is 11.9. The maximum atomic E-state index is 11.9. The monoisotopic (exact) mass is 401 g/mol. The first kappa shape index (κ1) is 19.9. The summed E-state index contributed by atoms with van der Waals surface area (Å²) in [6.45, 7) is 0.122. The first-order valence-corrected chi connectivity index (χ1v) is 8.65. The second-order valence-electron chi connectivity index (χ2n) is 5.93. The molecule has 0 spiro atoms. The van der Waals surface area contributed by atoms with Crippen molar-refractivity contribution in [3.8, 4) is 11.5 Å². The molecular formula is C18H19N5O6. The van der Waals surface area contributed by atoms with Crippen molar-refractivity contribution >= 4 is 29.5 Å². The van der Waals surface area contributed by atoms with Crippen molar-refractivity contribution in [1.82, 2.24) is 15.3 Å². The highest BCUT2D eigenvalue weighted by molar-refractivity contribution is 6.02. The van der Waals surface area contributed by atoms with E-state index in [1.165, 1.54) is 17.3 Å². The molecule has 11 heteroatoms. The lowest BCUT2D eigenvalue weighted by atomic mass is 10.2. The van der Waals surface area contributed by atoms with Gasteiger partial charge in [0.15, 0.2) is 18.1 Å². The number of anilines is 2. The minimum Gasteiger partial charge on any atom is -0.486 e. The summed E-state index contributed by atoms with van der Waals surface area (Å²) in [4.78, 5) is 45.0. The number of benzene rings is 1. The number of urea groups is 1. The molecule has 2 heterocycles. The van der Waals surface area contributed by atoms with E-state index in [-0.39, 0.29) is 6.54 Å². The Bertz CT molecular complexity index is 892. The van der Waals surface area contributed by atoms with E-state index in [2.05, 4.69) is 20.6 Å². The van der Waals surface area contributed by atoms with Gasteiger partial charge in [0, 0.05) is 31.2 Å². The van der Waals surface area contributed by atoms with Crippen LogP contribution in [-0.4, -0.2) is 61.3 Å². The Morgan fingerprint density at radius 3 is 2.62 bits per heavy atom. The van der Waals surface area contributed by atoms with Gasteiger partial charge in [0.2, 0.25) is 5.95 Å². The van der Waals surface area contributed by atoms with Gasteiger partial charge in [-0.1, -0.05) is 0 Å². The Morgan fingerprint density at radius 1 is 1.14 bits per heavy atom. The summed E-state index contributed by atoms with van der Waals surface area (Å²) in [5.41, 5.74) is 0.418. The lowest BCUT2D eigenvalue weighted by Crippen LogP contribution is -2.38. The van der Waals surface area contributed by atoms with E-state index in [0.717, 1.165) is 0 Å². The number of nitrogens with one attached hydrogen (secondary N) is 2. The van der Waals surface area contributed by atoms with Crippen molar-refractivity contribution in [1.29, 1.82) is 0 Å². The highest BCUT2D eigenvalue weighted by atomic mass is 16.6. The Hall–Kier alpha value is -3.89. The van der Waals surface area contributed by atoms with E-state index in [4.69, 9.17) is 14.2 Å². The fourth-order valence-electron chi connectivity index (χ4n) is 2.39. The van der Waals surface area contributed by atoms with Crippen LogP contribution in [0.5, 0.6) is 11.5 Å². The molecular weight excluding hydrogens is 382 g/mol. The zero-order valence-corrected chi connectivity index (χ0v) is 15.6. The molecule has 2 aromatic rings. The summed E-state index contributed by atoms with van der Waals surface area (Å²) < 4.78 is 15.7. The van der Waals surface area contributed by atoms with E-state index < -0.39 is 24.5 Å². The van der Waals surface area contributed by atoms with Crippen LogP contribution >= 0.6 is 0 Å². The zero-order chi connectivity index (χ0) is 20.6. The van der Waals surface area contributed by atoms with Crippen molar-refractivity contribution < 1.29 is 28.6 Å². The van der Waals surface area contributed by atoms with Gasteiger partial charge < -0.3 is 24.4 Å². The van der Waals surface area contributed by atoms with Gasteiger partial charge in [-0.2, -0.15) is 0 Å². The number of hydrogen-bond acceptors (Lipinski definition) is 9. The minimum absolute atomic E-state index is 0.152. The Morgan fingerprint density at radius 2 is 1.86 bits per heavy atom. The van der Waals surface area contributed by atoms with E-state index in [0.29, 0.717) is 36.3 Å². The number of fused-ring (bicyclic) bond motifs is 1. The first-order valence-electron chi connectivity index (χ1n) is 8.65. The largest absolute Gasteiger partial charge is 0.486 e. The van der Waals surface area contributed by atoms with Gasteiger partial charge in [-0.05, 0) is 18.2 Å². The number of rotatable bonds is 6. The predicted octanol–water partition coefficient (Wildman–Crippen LogP) is 0.575. The van der Waals surface area contributed by atoms with Crippen LogP contribution < -0.4 is 25.0 Å². The quantitative estimate of drug-likeness (QED) is 0.667. The van der Waals surface area contributed by atoms with Crippen LogP contribution in [0.3, 0.4) is 0 Å². The van der Waals surface area contributed by atoms with Crippen molar-refractivity contribution in [2.75, 3.05) is 43.6 Å². The number of aromatic nitrogens is 2. The molecule has 1 aromatic carbocycles. The third-order valence-electron chi connectivity index (χ3n) is 3.68. The summed E-state index contributed by atoms with van der Waals surface area (Å²) in [6, 6.07) is 5.73. The molecule has 0 unspecified atom stereocenters. The highest BCUT2D eigenvalue weighted by Gasteiger charge is 2.16. The van der Waals surface area contributed by atoms with Gasteiger partial charge in [-0.3, -0.25) is 14.9 Å². The van der Waals surface area contributed by atoms with Crippen LogP contribution in [0.2, 0.25) is 0 Å². The normalized spacial score (nSPS) is 11.9. The second-order valence-corrected chi connectivity index (χ2v) is 5.93. The van der Waals surface area contributed by atoms with Gasteiger partial charge in [0.1, 0.15) is 19.8 Å². The van der Waals surface area contributed by atoms with E-state index >= 15 is 0 Å². The summed E-state index contributed by atoms with van der Waals surface area (Å²) in [7, 11) is 1.61. The number of likely N-dealkylation sites (N-methyl/N-ethyl adjacent to an activating group) is 1. The molecule has 0 radical (unpaired) electrons. The van der Waals surface area contributed by atoms with Crippen molar-refractivity contribution in [2.45, 2.75) is 0 Å². The zero-order valence-electron chi connectivity index (χ0n) is 15.6. The number of nitrogens with zero attached hydrogens (tertiary/aromatic N) is 3. The number of hydrogen-bond donors (Lipinski definition) is 2. The number of amides is 3. The molecule has 1 aliphatic heterocycles. The first-order chi connectivity index (χ1) is 14.0. The minimum atomic E-state index is -0.771. The summed E-state index contributed by atoms with van der Waals surface area (Å²) >= 11 is 0. The molecule has 3 rings (SSSR count). The number of carbonyl (C=O) groups is 3.